The summed E-state index contributed by atoms with van der Waals surface area (Å²) < 4.78 is 0. The van der Waals surface area contributed by atoms with Crippen LogP contribution in [-0.4, -0.2) is 0 Å². The summed E-state index contributed by atoms with van der Waals surface area (Å²) in [5, 5.41) is 2.88. The summed E-state index contributed by atoms with van der Waals surface area (Å²) in [4.78, 5) is 0. The van der Waals surface area contributed by atoms with Gasteiger partial charge in [0.15, 0.2) is 0 Å². The van der Waals surface area contributed by atoms with E-state index in [0.717, 1.165) is 12.8 Å². The van der Waals surface area contributed by atoms with E-state index in [-0.39, 0.29) is 26.2 Å². The fraction of sp³-hybridized carbons (Fsp3) is 0.182. The molecule has 0 fully saturated rings. The number of fused-ring (bicyclic) bond motifs is 1. The van der Waals surface area contributed by atoms with Crippen LogP contribution in [0.25, 0.3) is 16.8 Å². The van der Waals surface area contributed by atoms with Crippen LogP contribution in [0.1, 0.15) is 40.7 Å². The molecule has 0 saturated carbocycles. The van der Waals surface area contributed by atoms with Gasteiger partial charge in [-0.3, -0.25) is 0 Å². The minimum absolute atomic E-state index is 0. The fourth-order valence-electron chi connectivity index (χ4n) is 4.38. The third kappa shape index (κ3) is 2.21. The first kappa shape index (κ1) is 15.1. The van der Waals surface area contributed by atoms with Crippen molar-refractivity contribution in [3.05, 3.63) is 88.0 Å². The Labute approximate surface area is 156 Å². The van der Waals surface area contributed by atoms with Crippen molar-refractivity contribution in [3.8, 4) is 0 Å². The van der Waals surface area contributed by atoms with Gasteiger partial charge in [-0.15, -0.1) is 0 Å². The molecule has 1 heteroatoms. The summed E-state index contributed by atoms with van der Waals surface area (Å²) in [7, 11) is 0. The Morgan fingerprint density at radius 1 is 0.826 bits per heavy atom. The molecule has 2 aliphatic carbocycles. The summed E-state index contributed by atoms with van der Waals surface area (Å²) in [5.41, 5.74) is 9.00. The summed E-state index contributed by atoms with van der Waals surface area (Å²) in [6.07, 6.45) is 4.65. The first-order valence-electron chi connectivity index (χ1n) is 8.11. The molecule has 0 saturated heterocycles. The molecular formula is C22H18Zr. The van der Waals surface area contributed by atoms with Crippen LogP contribution in [0.4, 0.5) is 0 Å². The third-order valence-electron chi connectivity index (χ3n) is 5.29. The van der Waals surface area contributed by atoms with Crippen molar-refractivity contribution < 1.29 is 26.2 Å². The molecule has 0 bridgehead atoms. The van der Waals surface area contributed by atoms with Crippen LogP contribution in [0.5, 0.6) is 0 Å². The molecule has 5 rings (SSSR count). The average molecular weight is 374 g/mol. The van der Waals surface area contributed by atoms with Crippen LogP contribution in [-0.2, 0) is 39.0 Å². The van der Waals surface area contributed by atoms with Gasteiger partial charge in [0.2, 0.25) is 0 Å². The fourth-order valence-corrected chi connectivity index (χ4v) is 4.38. The predicted molar refractivity (Wildman–Crippen MR) is 93.3 cm³/mol. The van der Waals surface area contributed by atoms with Gasteiger partial charge in [0.25, 0.3) is 0 Å². The van der Waals surface area contributed by atoms with Gasteiger partial charge in [-0.05, 0) is 58.4 Å². The van der Waals surface area contributed by atoms with E-state index in [2.05, 4.69) is 67.6 Å². The molecule has 1 atom stereocenters. The molecule has 23 heavy (non-hydrogen) atoms. The molecule has 3 aromatic carbocycles. The van der Waals surface area contributed by atoms with Crippen molar-refractivity contribution in [2.24, 2.45) is 0 Å². The second-order valence-corrected chi connectivity index (χ2v) is 6.71. The minimum atomic E-state index is 0. The van der Waals surface area contributed by atoms with E-state index in [4.69, 9.17) is 0 Å². The first-order valence-corrected chi connectivity index (χ1v) is 8.11. The quantitative estimate of drug-likeness (QED) is 0.529. The van der Waals surface area contributed by atoms with E-state index in [0.29, 0.717) is 5.92 Å². The smallest absolute Gasteiger partial charge is 0.0142 e. The topological polar surface area (TPSA) is 0 Å². The molecule has 0 aromatic heterocycles. The zero-order chi connectivity index (χ0) is 14.7. The normalized spacial score (nSPS) is 17.8. The second kappa shape index (κ2) is 5.57. The second-order valence-electron chi connectivity index (χ2n) is 6.71. The number of rotatable bonds is 1. The molecule has 3 aromatic rings. The van der Waals surface area contributed by atoms with Gasteiger partial charge in [0.05, 0.1) is 0 Å². The summed E-state index contributed by atoms with van der Waals surface area (Å²) in [5.74, 6) is 0.512. The van der Waals surface area contributed by atoms with Crippen LogP contribution in [0.2, 0.25) is 0 Å². The van der Waals surface area contributed by atoms with Gasteiger partial charge < -0.3 is 0 Å². The third-order valence-corrected chi connectivity index (χ3v) is 5.29. The maximum Gasteiger partial charge on any atom is 0.0142 e. The van der Waals surface area contributed by atoms with Crippen molar-refractivity contribution in [2.45, 2.75) is 25.7 Å². The molecule has 0 aliphatic heterocycles. The summed E-state index contributed by atoms with van der Waals surface area (Å²) in [6.45, 7) is 2.24. The van der Waals surface area contributed by atoms with E-state index in [1.54, 1.807) is 0 Å². The van der Waals surface area contributed by atoms with Gasteiger partial charge in [-0.2, -0.15) is 0 Å². The molecule has 0 radical (unpaired) electrons. The average Bonchev–Trinajstić information content (AvgIpc) is 3.09. The van der Waals surface area contributed by atoms with Crippen LogP contribution < -0.4 is 0 Å². The van der Waals surface area contributed by atoms with Crippen molar-refractivity contribution in [1.82, 2.24) is 0 Å². The molecule has 0 amide bonds. The number of allylic oxidation sites excluding steroid dienone is 1. The largest absolute Gasteiger partial charge is 0.0683 e. The van der Waals surface area contributed by atoms with Crippen molar-refractivity contribution in [2.75, 3.05) is 0 Å². The van der Waals surface area contributed by atoms with E-state index < -0.39 is 0 Å². The van der Waals surface area contributed by atoms with Gasteiger partial charge in [0.1, 0.15) is 0 Å². The predicted octanol–water partition coefficient (Wildman–Crippen LogP) is 5.48. The SMILES string of the molecule is CC1=Cc2c(cccc2C2Cc3cccc4cccc2c34)C1.[Zr]. The number of benzene rings is 3. The zero-order valence-electron chi connectivity index (χ0n) is 13.3. The van der Waals surface area contributed by atoms with E-state index in [1.807, 2.05) is 0 Å². The van der Waals surface area contributed by atoms with E-state index in [1.165, 1.54) is 44.2 Å². The van der Waals surface area contributed by atoms with Crippen molar-refractivity contribution >= 4 is 16.8 Å². The molecule has 0 spiro atoms. The van der Waals surface area contributed by atoms with Gasteiger partial charge in [-0.25, -0.2) is 0 Å². The maximum absolute atomic E-state index is 2.40. The molecule has 0 N–H and O–H groups in total. The molecule has 110 valence electrons. The van der Waals surface area contributed by atoms with E-state index in [9.17, 15) is 0 Å². The summed E-state index contributed by atoms with van der Waals surface area (Å²) >= 11 is 0. The Morgan fingerprint density at radius 2 is 1.52 bits per heavy atom. The minimum Gasteiger partial charge on any atom is -0.0683 e. The Kier molecular flexibility index (Phi) is 3.65. The van der Waals surface area contributed by atoms with Crippen molar-refractivity contribution in [1.29, 1.82) is 0 Å². The molecule has 2 aliphatic rings. The van der Waals surface area contributed by atoms with Crippen LogP contribution in [0.15, 0.2) is 60.2 Å². The maximum atomic E-state index is 2.40. The Balaban J connectivity index is 0.00000135. The number of hydrogen-bond acceptors (Lipinski definition) is 0. The zero-order valence-corrected chi connectivity index (χ0v) is 15.7. The molecule has 0 nitrogen and oxygen atoms in total. The number of hydrogen-bond donors (Lipinski definition) is 0. The monoisotopic (exact) mass is 372 g/mol. The van der Waals surface area contributed by atoms with E-state index >= 15 is 0 Å². The standard InChI is InChI=1S/C22H18.Zr/c1-14-11-16-7-4-9-18(20(16)12-14)21-13-17-8-2-5-15-6-3-10-19(21)22(15)17;/h2-10,12,21H,11,13H2,1H3;. The van der Waals surface area contributed by atoms with Crippen molar-refractivity contribution in [3.63, 3.8) is 0 Å². The van der Waals surface area contributed by atoms with Crippen LogP contribution in [0.3, 0.4) is 0 Å². The van der Waals surface area contributed by atoms with Gasteiger partial charge in [0, 0.05) is 32.1 Å². The first-order chi connectivity index (χ1) is 10.8. The van der Waals surface area contributed by atoms with Crippen LogP contribution >= 0.6 is 0 Å². The Morgan fingerprint density at radius 3 is 2.39 bits per heavy atom. The Hall–Kier alpha value is -1.46. The van der Waals surface area contributed by atoms with Gasteiger partial charge in [-0.1, -0.05) is 66.2 Å². The van der Waals surface area contributed by atoms with Gasteiger partial charge >= 0.3 is 0 Å². The van der Waals surface area contributed by atoms with Crippen LogP contribution in [0, 0.1) is 0 Å². The molecular weight excluding hydrogens is 355 g/mol. The molecule has 0 heterocycles. The Bertz CT molecular complexity index is 944. The summed E-state index contributed by atoms with van der Waals surface area (Å²) in [6, 6.07) is 20.4. The molecule has 1 unspecified atom stereocenters.